The highest BCUT2D eigenvalue weighted by Crippen LogP contribution is 2.33. The number of benzene rings is 3. The lowest BCUT2D eigenvalue weighted by Crippen LogP contribution is -2.40. The maximum absolute atomic E-state index is 12.8. The fourth-order valence-electron chi connectivity index (χ4n) is 3.64. The number of halogens is 2. The van der Waals surface area contributed by atoms with E-state index in [1.165, 1.54) is 18.9 Å². The third kappa shape index (κ3) is 5.32. The van der Waals surface area contributed by atoms with Gasteiger partial charge in [0.2, 0.25) is 0 Å². The Morgan fingerprint density at radius 1 is 0.939 bits per heavy atom. The maximum atomic E-state index is 12.8. The Morgan fingerprint density at radius 2 is 1.61 bits per heavy atom. The molecule has 5 nitrogen and oxygen atoms in total. The van der Waals surface area contributed by atoms with Gasteiger partial charge in [0.05, 0.1) is 10.0 Å². The van der Waals surface area contributed by atoms with Gasteiger partial charge in [0.1, 0.15) is 6.04 Å². The van der Waals surface area contributed by atoms with Crippen molar-refractivity contribution >= 4 is 46.5 Å². The van der Waals surface area contributed by atoms with Gasteiger partial charge < -0.3 is 14.9 Å². The van der Waals surface area contributed by atoms with Crippen LogP contribution in [0.4, 0.5) is 11.4 Å². The lowest BCUT2D eigenvalue weighted by atomic mass is 9.98. The molecule has 1 atom stereocenters. The molecule has 1 N–H and O–H groups in total. The standard InChI is InChI=1S/C26H26Cl2N2O3/c1-5-30(21-10-12-23(27)24(28)15-21)20-8-6-7-18(14-20)19-9-11-22(16(2)13-19)25(31)29(4)17(3)26(32)33/h6-15,17H,5H2,1-4H3,(H,32,33). The Bertz CT molecular complexity index is 1200. The Kier molecular flexibility index (Phi) is 7.67. The number of amides is 1. The molecule has 0 saturated heterocycles. The summed E-state index contributed by atoms with van der Waals surface area (Å²) in [6.07, 6.45) is 0. The molecule has 0 aliphatic heterocycles. The van der Waals surface area contributed by atoms with Gasteiger partial charge in [0.25, 0.3) is 5.91 Å². The molecule has 33 heavy (non-hydrogen) atoms. The minimum absolute atomic E-state index is 0.320. The Hall–Kier alpha value is -3.02. The summed E-state index contributed by atoms with van der Waals surface area (Å²) in [5, 5.41) is 10.2. The van der Waals surface area contributed by atoms with Crippen molar-refractivity contribution in [2.75, 3.05) is 18.5 Å². The summed E-state index contributed by atoms with van der Waals surface area (Å²) in [6.45, 7) is 6.15. The molecule has 1 amide bonds. The molecular weight excluding hydrogens is 459 g/mol. The normalized spacial score (nSPS) is 11.7. The van der Waals surface area contributed by atoms with E-state index in [-0.39, 0.29) is 5.91 Å². The second kappa shape index (κ2) is 10.3. The number of carboxylic acid groups (broad SMARTS) is 1. The molecule has 3 rings (SSSR count). The topological polar surface area (TPSA) is 60.9 Å². The number of hydrogen-bond donors (Lipinski definition) is 1. The summed E-state index contributed by atoms with van der Waals surface area (Å²) < 4.78 is 0. The van der Waals surface area contributed by atoms with Crippen molar-refractivity contribution in [2.24, 2.45) is 0 Å². The average molecular weight is 485 g/mol. The van der Waals surface area contributed by atoms with Gasteiger partial charge in [0.15, 0.2) is 0 Å². The minimum Gasteiger partial charge on any atom is -0.480 e. The van der Waals surface area contributed by atoms with Crippen molar-refractivity contribution in [2.45, 2.75) is 26.8 Å². The fraction of sp³-hybridized carbons (Fsp3) is 0.231. The Labute approximate surface area is 204 Å². The third-order valence-corrected chi connectivity index (χ3v) is 6.48. The number of likely N-dealkylation sites (N-methyl/N-ethyl adjacent to an activating group) is 1. The van der Waals surface area contributed by atoms with Gasteiger partial charge in [-0.3, -0.25) is 4.79 Å². The molecule has 0 heterocycles. The lowest BCUT2D eigenvalue weighted by Gasteiger charge is -2.24. The fourth-order valence-corrected chi connectivity index (χ4v) is 3.93. The number of rotatable bonds is 7. The highest BCUT2D eigenvalue weighted by atomic mass is 35.5. The zero-order valence-electron chi connectivity index (χ0n) is 19.0. The van der Waals surface area contributed by atoms with E-state index in [1.54, 1.807) is 12.1 Å². The van der Waals surface area contributed by atoms with E-state index in [2.05, 4.69) is 17.9 Å². The summed E-state index contributed by atoms with van der Waals surface area (Å²) in [5.74, 6) is -1.36. The first kappa shape index (κ1) is 24.6. The smallest absolute Gasteiger partial charge is 0.326 e. The molecule has 0 radical (unpaired) electrons. The van der Waals surface area contributed by atoms with E-state index in [4.69, 9.17) is 23.2 Å². The first-order valence-corrected chi connectivity index (χ1v) is 11.3. The highest BCUT2D eigenvalue weighted by molar-refractivity contribution is 6.42. The van der Waals surface area contributed by atoms with Crippen LogP contribution in [0.3, 0.4) is 0 Å². The van der Waals surface area contributed by atoms with Gasteiger partial charge in [-0.2, -0.15) is 0 Å². The molecule has 0 bridgehead atoms. The largest absolute Gasteiger partial charge is 0.480 e. The predicted molar refractivity (Wildman–Crippen MR) is 135 cm³/mol. The van der Waals surface area contributed by atoms with Crippen molar-refractivity contribution in [1.82, 2.24) is 4.90 Å². The second-order valence-electron chi connectivity index (χ2n) is 7.85. The SMILES string of the molecule is CCN(c1cccc(-c2ccc(C(=O)N(C)C(C)C(=O)O)c(C)c2)c1)c1ccc(Cl)c(Cl)c1. The van der Waals surface area contributed by atoms with E-state index < -0.39 is 12.0 Å². The molecule has 3 aromatic rings. The van der Waals surface area contributed by atoms with Crippen LogP contribution < -0.4 is 4.90 Å². The van der Waals surface area contributed by atoms with Crippen LogP contribution in [0.15, 0.2) is 60.7 Å². The number of hydrogen-bond acceptors (Lipinski definition) is 3. The van der Waals surface area contributed by atoms with Gasteiger partial charge >= 0.3 is 5.97 Å². The maximum Gasteiger partial charge on any atom is 0.326 e. The summed E-state index contributed by atoms with van der Waals surface area (Å²) in [7, 11) is 1.50. The molecule has 1 unspecified atom stereocenters. The Balaban J connectivity index is 1.92. The molecule has 0 aliphatic carbocycles. The van der Waals surface area contributed by atoms with E-state index in [0.717, 1.165) is 34.6 Å². The first-order valence-electron chi connectivity index (χ1n) is 10.6. The van der Waals surface area contributed by atoms with Crippen LogP contribution in [0.5, 0.6) is 0 Å². The summed E-state index contributed by atoms with van der Waals surface area (Å²) in [5.41, 5.74) is 5.17. The molecule has 0 saturated carbocycles. The average Bonchev–Trinajstić information content (AvgIpc) is 2.80. The van der Waals surface area contributed by atoms with Crippen LogP contribution >= 0.6 is 23.2 Å². The van der Waals surface area contributed by atoms with Crippen LogP contribution in [-0.4, -0.2) is 41.5 Å². The van der Waals surface area contributed by atoms with Crippen LogP contribution in [-0.2, 0) is 4.79 Å². The van der Waals surface area contributed by atoms with Crippen LogP contribution in [0.1, 0.15) is 29.8 Å². The first-order chi connectivity index (χ1) is 15.6. The predicted octanol–water partition coefficient (Wildman–Crippen LogP) is 6.67. The van der Waals surface area contributed by atoms with Crippen LogP contribution in [0.25, 0.3) is 11.1 Å². The van der Waals surface area contributed by atoms with Gasteiger partial charge in [-0.25, -0.2) is 4.79 Å². The van der Waals surface area contributed by atoms with Crippen LogP contribution in [0.2, 0.25) is 10.0 Å². The molecule has 7 heteroatoms. The molecular formula is C26H26Cl2N2O3. The van der Waals surface area contributed by atoms with Gasteiger partial charge in [-0.15, -0.1) is 0 Å². The van der Waals surface area contributed by atoms with Gasteiger partial charge in [-0.1, -0.05) is 47.5 Å². The number of anilines is 2. The molecule has 0 aromatic heterocycles. The quantitative estimate of drug-likeness (QED) is 0.406. The van der Waals surface area contributed by atoms with E-state index in [1.807, 2.05) is 49.4 Å². The number of carbonyl (C=O) groups is 2. The number of nitrogens with zero attached hydrogens (tertiary/aromatic N) is 2. The summed E-state index contributed by atoms with van der Waals surface area (Å²) in [6, 6.07) is 18.4. The molecule has 0 fully saturated rings. The molecule has 172 valence electrons. The van der Waals surface area contributed by atoms with Crippen molar-refractivity contribution in [3.05, 3.63) is 81.8 Å². The highest BCUT2D eigenvalue weighted by Gasteiger charge is 2.24. The number of aryl methyl sites for hydroxylation is 1. The lowest BCUT2D eigenvalue weighted by molar-refractivity contribution is -0.141. The molecule has 3 aromatic carbocycles. The minimum atomic E-state index is -1.04. The zero-order chi connectivity index (χ0) is 24.3. The van der Waals surface area contributed by atoms with E-state index in [9.17, 15) is 14.7 Å². The van der Waals surface area contributed by atoms with Gasteiger partial charge in [0, 0.05) is 30.5 Å². The number of aliphatic carboxylic acids is 1. The van der Waals surface area contributed by atoms with E-state index in [0.29, 0.717) is 15.6 Å². The zero-order valence-corrected chi connectivity index (χ0v) is 20.5. The van der Waals surface area contributed by atoms with Crippen LogP contribution in [0, 0.1) is 6.92 Å². The van der Waals surface area contributed by atoms with Crippen molar-refractivity contribution in [1.29, 1.82) is 0 Å². The second-order valence-corrected chi connectivity index (χ2v) is 8.67. The van der Waals surface area contributed by atoms with E-state index >= 15 is 0 Å². The summed E-state index contributed by atoms with van der Waals surface area (Å²) >= 11 is 12.3. The number of carbonyl (C=O) groups excluding carboxylic acids is 1. The monoisotopic (exact) mass is 484 g/mol. The van der Waals surface area contributed by atoms with Crippen molar-refractivity contribution in [3.8, 4) is 11.1 Å². The van der Waals surface area contributed by atoms with Crippen molar-refractivity contribution < 1.29 is 14.7 Å². The number of carboxylic acids is 1. The molecule has 0 spiro atoms. The van der Waals surface area contributed by atoms with Gasteiger partial charge in [-0.05, 0) is 73.9 Å². The summed E-state index contributed by atoms with van der Waals surface area (Å²) in [4.78, 5) is 27.4. The third-order valence-electron chi connectivity index (χ3n) is 5.74. The Morgan fingerprint density at radius 3 is 2.21 bits per heavy atom. The molecule has 0 aliphatic rings. The van der Waals surface area contributed by atoms with Crippen molar-refractivity contribution in [3.63, 3.8) is 0 Å².